The van der Waals surface area contributed by atoms with Gasteiger partial charge in [0.15, 0.2) is 4.91 Å². The van der Waals surface area contributed by atoms with Crippen LogP contribution >= 0.6 is 0 Å². The fourth-order valence-corrected chi connectivity index (χ4v) is 2.89. The molecule has 0 aliphatic carbocycles. The summed E-state index contributed by atoms with van der Waals surface area (Å²) < 4.78 is 26.9. The summed E-state index contributed by atoms with van der Waals surface area (Å²) in [4.78, 5) is -0.477. The summed E-state index contributed by atoms with van der Waals surface area (Å²) in [5.74, 6) is 0. The molecule has 0 saturated heterocycles. The van der Waals surface area contributed by atoms with Crippen molar-refractivity contribution in [2.24, 2.45) is 5.73 Å². The molecule has 0 saturated carbocycles. The second-order valence-electron chi connectivity index (χ2n) is 4.53. The van der Waals surface area contributed by atoms with E-state index in [1.165, 1.54) is 0 Å². The summed E-state index contributed by atoms with van der Waals surface area (Å²) in [5.41, 5.74) is 7.06. The van der Waals surface area contributed by atoms with Crippen molar-refractivity contribution in [1.82, 2.24) is 4.72 Å². The van der Waals surface area contributed by atoms with Gasteiger partial charge in [-0.15, -0.1) is 0 Å². The first-order chi connectivity index (χ1) is 10.5. The molecule has 0 aliphatic heterocycles. The Balaban J connectivity index is 2.28. The first kappa shape index (κ1) is 15.8. The Hall–Kier alpha value is -2.62. The van der Waals surface area contributed by atoms with Crippen LogP contribution in [0.1, 0.15) is 11.1 Å². The van der Waals surface area contributed by atoms with Gasteiger partial charge in [0, 0.05) is 6.54 Å². The van der Waals surface area contributed by atoms with Crippen LogP contribution in [0.4, 0.5) is 0 Å². The number of nitrogens with zero attached hydrogens (tertiary/aromatic N) is 1. The van der Waals surface area contributed by atoms with Crippen LogP contribution in [0.15, 0.2) is 65.6 Å². The highest BCUT2D eigenvalue weighted by molar-refractivity contribution is 7.93. The molecule has 0 atom stereocenters. The molecule has 2 aromatic rings. The minimum Gasteiger partial charge on any atom is -0.397 e. The van der Waals surface area contributed by atoms with Gasteiger partial charge in [0.2, 0.25) is 0 Å². The lowest BCUT2D eigenvalue weighted by atomic mass is 10.1. The van der Waals surface area contributed by atoms with E-state index in [0.717, 1.165) is 5.56 Å². The van der Waals surface area contributed by atoms with Crippen molar-refractivity contribution in [2.45, 2.75) is 6.54 Å². The highest BCUT2D eigenvalue weighted by atomic mass is 32.2. The van der Waals surface area contributed by atoms with Gasteiger partial charge in [-0.1, -0.05) is 60.7 Å². The van der Waals surface area contributed by atoms with Crippen molar-refractivity contribution < 1.29 is 8.42 Å². The lowest BCUT2D eigenvalue weighted by molar-refractivity contribution is 0.589. The summed E-state index contributed by atoms with van der Waals surface area (Å²) in [6, 6.07) is 19.3. The average molecular weight is 313 g/mol. The van der Waals surface area contributed by atoms with Gasteiger partial charge in [-0.05, 0) is 11.1 Å². The van der Waals surface area contributed by atoms with Gasteiger partial charge < -0.3 is 5.73 Å². The lowest BCUT2D eigenvalue weighted by Gasteiger charge is -2.09. The minimum atomic E-state index is -3.97. The molecule has 0 heterocycles. The smallest absolute Gasteiger partial charge is 0.253 e. The molecule has 3 N–H and O–H groups in total. The number of hydrogen-bond donors (Lipinski definition) is 2. The zero-order valence-electron chi connectivity index (χ0n) is 11.7. The van der Waals surface area contributed by atoms with Gasteiger partial charge in [0.05, 0.1) is 5.70 Å². The third-order valence-electron chi connectivity index (χ3n) is 3.01. The fourth-order valence-electron chi connectivity index (χ4n) is 1.86. The number of sulfonamides is 1. The maximum Gasteiger partial charge on any atom is 0.253 e. The first-order valence-corrected chi connectivity index (χ1v) is 8.02. The van der Waals surface area contributed by atoms with E-state index in [-0.39, 0.29) is 12.2 Å². The molecule has 5 nitrogen and oxygen atoms in total. The maximum absolute atomic E-state index is 12.3. The van der Waals surface area contributed by atoms with Crippen molar-refractivity contribution in [3.63, 3.8) is 0 Å². The third-order valence-corrected chi connectivity index (χ3v) is 4.38. The molecule has 0 aromatic heterocycles. The minimum absolute atomic E-state index is 0.0661. The Morgan fingerprint density at radius 1 is 1.05 bits per heavy atom. The van der Waals surface area contributed by atoms with Crippen LogP contribution < -0.4 is 10.5 Å². The van der Waals surface area contributed by atoms with E-state index >= 15 is 0 Å². The van der Waals surface area contributed by atoms with E-state index in [4.69, 9.17) is 5.73 Å². The van der Waals surface area contributed by atoms with Crippen LogP contribution in [0, 0.1) is 11.3 Å². The zero-order valence-corrected chi connectivity index (χ0v) is 12.5. The van der Waals surface area contributed by atoms with E-state index in [9.17, 15) is 13.7 Å². The van der Waals surface area contributed by atoms with Crippen molar-refractivity contribution >= 4 is 15.7 Å². The Bertz CT molecular complexity index is 807. The molecule has 0 spiro atoms. The number of benzene rings is 2. The summed E-state index contributed by atoms with van der Waals surface area (Å²) in [6.07, 6.45) is 0. The second kappa shape index (κ2) is 6.89. The van der Waals surface area contributed by atoms with Crippen LogP contribution in [0.5, 0.6) is 0 Å². The van der Waals surface area contributed by atoms with E-state index < -0.39 is 14.9 Å². The number of hydrogen-bond acceptors (Lipinski definition) is 4. The van der Waals surface area contributed by atoms with Crippen molar-refractivity contribution in [1.29, 1.82) is 5.26 Å². The van der Waals surface area contributed by atoms with Gasteiger partial charge >= 0.3 is 0 Å². The first-order valence-electron chi connectivity index (χ1n) is 6.53. The normalized spacial score (nSPS) is 12.3. The summed E-state index contributed by atoms with van der Waals surface area (Å²) in [5, 5.41) is 9.18. The average Bonchev–Trinajstić information content (AvgIpc) is 2.55. The summed E-state index contributed by atoms with van der Waals surface area (Å²) in [6.45, 7) is 0.0937. The quantitative estimate of drug-likeness (QED) is 0.825. The summed E-state index contributed by atoms with van der Waals surface area (Å²) >= 11 is 0. The van der Waals surface area contributed by atoms with Gasteiger partial charge in [0.1, 0.15) is 6.07 Å². The molecule has 0 unspecified atom stereocenters. The van der Waals surface area contributed by atoms with Gasteiger partial charge in [-0.25, -0.2) is 13.1 Å². The van der Waals surface area contributed by atoms with Gasteiger partial charge in [-0.2, -0.15) is 5.26 Å². The Morgan fingerprint density at radius 2 is 1.59 bits per heavy atom. The van der Waals surface area contributed by atoms with Crippen LogP contribution in [0.25, 0.3) is 5.70 Å². The molecule has 0 amide bonds. The number of nitrogens with two attached hydrogens (primary N) is 1. The van der Waals surface area contributed by atoms with E-state index in [2.05, 4.69) is 4.72 Å². The molecule has 112 valence electrons. The van der Waals surface area contributed by atoms with E-state index in [1.807, 2.05) is 18.2 Å². The topological polar surface area (TPSA) is 96.0 Å². The molecule has 6 heteroatoms. The van der Waals surface area contributed by atoms with Crippen LogP contribution in [-0.2, 0) is 16.6 Å². The lowest BCUT2D eigenvalue weighted by Crippen LogP contribution is -2.26. The molecule has 2 aromatic carbocycles. The predicted octanol–water partition coefficient (Wildman–Crippen LogP) is 1.96. The van der Waals surface area contributed by atoms with Crippen molar-refractivity contribution in [3.8, 4) is 6.07 Å². The zero-order chi connectivity index (χ0) is 16.0. The standard InChI is InChI=1S/C16H15N3O2S/c17-11-15(16(18)14-9-5-2-6-10-14)22(20,21)19-12-13-7-3-1-4-8-13/h1-10,19H,12,18H2. The Labute approximate surface area is 129 Å². The maximum atomic E-state index is 12.3. The number of nitriles is 1. The largest absolute Gasteiger partial charge is 0.397 e. The number of rotatable bonds is 5. The highest BCUT2D eigenvalue weighted by Crippen LogP contribution is 2.17. The molecular formula is C16H15N3O2S. The Kier molecular flexibility index (Phi) is 4.94. The van der Waals surface area contributed by atoms with Crippen molar-refractivity contribution in [2.75, 3.05) is 0 Å². The molecule has 22 heavy (non-hydrogen) atoms. The van der Waals surface area contributed by atoms with E-state index in [1.54, 1.807) is 48.5 Å². The third kappa shape index (κ3) is 3.73. The van der Waals surface area contributed by atoms with Gasteiger partial charge in [0.25, 0.3) is 10.0 Å². The second-order valence-corrected chi connectivity index (χ2v) is 6.23. The summed E-state index contributed by atoms with van der Waals surface area (Å²) in [7, 11) is -3.97. The Morgan fingerprint density at radius 3 is 2.14 bits per heavy atom. The van der Waals surface area contributed by atoms with Crippen LogP contribution in [0.3, 0.4) is 0 Å². The van der Waals surface area contributed by atoms with Crippen molar-refractivity contribution in [3.05, 3.63) is 76.7 Å². The molecule has 0 radical (unpaired) electrons. The molecule has 0 fully saturated rings. The van der Waals surface area contributed by atoms with Crippen LogP contribution in [-0.4, -0.2) is 8.42 Å². The monoisotopic (exact) mass is 313 g/mol. The molecule has 0 aliphatic rings. The SMILES string of the molecule is N#CC(=C(N)c1ccccc1)S(=O)(=O)NCc1ccccc1. The van der Waals surface area contributed by atoms with E-state index in [0.29, 0.717) is 5.56 Å². The molecular weight excluding hydrogens is 298 g/mol. The number of nitrogens with one attached hydrogen (secondary N) is 1. The predicted molar refractivity (Wildman–Crippen MR) is 85.4 cm³/mol. The number of allylic oxidation sites excluding steroid dienone is 1. The molecule has 0 bridgehead atoms. The van der Waals surface area contributed by atoms with Crippen LogP contribution in [0.2, 0.25) is 0 Å². The molecule has 2 rings (SSSR count). The highest BCUT2D eigenvalue weighted by Gasteiger charge is 2.21. The van der Waals surface area contributed by atoms with Gasteiger partial charge in [-0.3, -0.25) is 0 Å². The fraction of sp³-hybridized carbons (Fsp3) is 0.0625.